The van der Waals surface area contributed by atoms with Crippen LogP contribution in [0.1, 0.15) is 29.3 Å². The molecule has 20 heavy (non-hydrogen) atoms. The van der Waals surface area contributed by atoms with Gasteiger partial charge in [0, 0.05) is 43.8 Å². The van der Waals surface area contributed by atoms with Crippen LogP contribution in [-0.2, 0) is 13.1 Å². The van der Waals surface area contributed by atoms with Crippen molar-refractivity contribution in [1.29, 1.82) is 0 Å². The minimum absolute atomic E-state index is 0.0619. The van der Waals surface area contributed by atoms with E-state index in [1.807, 2.05) is 24.3 Å². The molecule has 0 aliphatic heterocycles. The van der Waals surface area contributed by atoms with Crippen LogP contribution in [0.2, 0.25) is 0 Å². The van der Waals surface area contributed by atoms with Crippen molar-refractivity contribution in [3.8, 4) is 0 Å². The van der Waals surface area contributed by atoms with E-state index in [2.05, 4.69) is 40.6 Å². The summed E-state index contributed by atoms with van der Waals surface area (Å²) in [7, 11) is 1.63. The molecule has 2 N–H and O–H groups in total. The Labute approximate surface area is 119 Å². The molecule has 2 rings (SSSR count). The van der Waals surface area contributed by atoms with Gasteiger partial charge in [0.15, 0.2) is 0 Å². The maximum Gasteiger partial charge on any atom is 0.251 e. The second kappa shape index (κ2) is 6.80. The van der Waals surface area contributed by atoms with E-state index in [-0.39, 0.29) is 5.91 Å². The lowest BCUT2D eigenvalue weighted by atomic mass is 10.2. The predicted molar refractivity (Wildman–Crippen MR) is 81.9 cm³/mol. The highest BCUT2D eigenvalue weighted by molar-refractivity contribution is 5.94. The molecule has 0 atom stereocenters. The Morgan fingerprint density at radius 2 is 1.95 bits per heavy atom. The van der Waals surface area contributed by atoms with Gasteiger partial charge in [-0.1, -0.05) is 6.92 Å². The third-order valence-corrected chi connectivity index (χ3v) is 3.16. The number of aromatic nitrogens is 1. The average molecular weight is 271 g/mol. The van der Waals surface area contributed by atoms with Gasteiger partial charge in [-0.3, -0.25) is 4.79 Å². The summed E-state index contributed by atoms with van der Waals surface area (Å²) in [5, 5.41) is 5.97. The van der Waals surface area contributed by atoms with Gasteiger partial charge in [-0.2, -0.15) is 0 Å². The van der Waals surface area contributed by atoms with E-state index < -0.39 is 0 Å². The first-order chi connectivity index (χ1) is 9.72. The molecule has 106 valence electrons. The zero-order valence-electron chi connectivity index (χ0n) is 12.0. The van der Waals surface area contributed by atoms with Crippen molar-refractivity contribution >= 4 is 11.6 Å². The number of nitrogens with zero attached hydrogens (tertiary/aromatic N) is 1. The van der Waals surface area contributed by atoms with Crippen molar-refractivity contribution in [2.45, 2.75) is 26.4 Å². The van der Waals surface area contributed by atoms with Crippen LogP contribution in [0.5, 0.6) is 0 Å². The Morgan fingerprint density at radius 3 is 2.60 bits per heavy atom. The monoisotopic (exact) mass is 271 g/mol. The molecule has 0 aliphatic carbocycles. The molecule has 0 radical (unpaired) electrons. The predicted octanol–water partition coefficient (Wildman–Crippen LogP) is 2.87. The van der Waals surface area contributed by atoms with Gasteiger partial charge in [0.25, 0.3) is 5.91 Å². The van der Waals surface area contributed by atoms with Crippen LogP contribution >= 0.6 is 0 Å². The minimum atomic E-state index is -0.0619. The SMILES string of the molecule is CCCn1ccc(CNc2ccc(C(=O)NC)cc2)c1. The lowest BCUT2D eigenvalue weighted by molar-refractivity contribution is 0.0963. The van der Waals surface area contributed by atoms with E-state index in [0.717, 1.165) is 25.2 Å². The molecule has 1 aromatic carbocycles. The molecular weight excluding hydrogens is 250 g/mol. The molecule has 0 aliphatic rings. The summed E-state index contributed by atoms with van der Waals surface area (Å²) in [5.74, 6) is -0.0619. The molecule has 0 saturated heterocycles. The van der Waals surface area contributed by atoms with Gasteiger partial charge < -0.3 is 15.2 Å². The summed E-state index contributed by atoms with van der Waals surface area (Å²) in [6, 6.07) is 9.62. The quantitative estimate of drug-likeness (QED) is 0.848. The van der Waals surface area contributed by atoms with Gasteiger partial charge in [-0.25, -0.2) is 0 Å². The summed E-state index contributed by atoms with van der Waals surface area (Å²) in [4.78, 5) is 11.4. The number of anilines is 1. The van der Waals surface area contributed by atoms with Crippen LogP contribution in [-0.4, -0.2) is 17.5 Å². The fourth-order valence-electron chi connectivity index (χ4n) is 2.08. The molecule has 0 unspecified atom stereocenters. The normalized spacial score (nSPS) is 10.3. The van der Waals surface area contributed by atoms with Crippen LogP contribution in [0.4, 0.5) is 5.69 Å². The average Bonchev–Trinajstić information content (AvgIpc) is 2.93. The standard InChI is InChI=1S/C16H21N3O/c1-3-9-19-10-8-13(12-19)11-18-15-6-4-14(5-7-15)16(20)17-2/h4-8,10,12,18H,3,9,11H2,1-2H3,(H,17,20). The van der Waals surface area contributed by atoms with E-state index in [9.17, 15) is 4.79 Å². The molecule has 0 bridgehead atoms. The lowest BCUT2D eigenvalue weighted by Crippen LogP contribution is -2.17. The Balaban J connectivity index is 1.91. The van der Waals surface area contributed by atoms with Gasteiger partial charge >= 0.3 is 0 Å². The Morgan fingerprint density at radius 1 is 1.20 bits per heavy atom. The van der Waals surface area contributed by atoms with Gasteiger partial charge in [-0.15, -0.1) is 0 Å². The zero-order valence-corrected chi connectivity index (χ0v) is 12.0. The third kappa shape index (κ3) is 3.63. The third-order valence-electron chi connectivity index (χ3n) is 3.16. The minimum Gasteiger partial charge on any atom is -0.381 e. The number of amides is 1. The summed E-state index contributed by atoms with van der Waals surface area (Å²) in [5.41, 5.74) is 2.95. The number of nitrogens with one attached hydrogen (secondary N) is 2. The van der Waals surface area contributed by atoms with Crippen LogP contribution in [0, 0.1) is 0 Å². The number of hydrogen-bond donors (Lipinski definition) is 2. The van der Waals surface area contributed by atoms with Crippen LogP contribution in [0.25, 0.3) is 0 Å². The van der Waals surface area contributed by atoms with Crippen molar-refractivity contribution in [2.75, 3.05) is 12.4 Å². The summed E-state index contributed by atoms with van der Waals surface area (Å²) in [6.45, 7) is 4.02. The second-order valence-electron chi connectivity index (χ2n) is 4.77. The maximum atomic E-state index is 11.4. The van der Waals surface area contributed by atoms with Gasteiger partial charge in [0.2, 0.25) is 0 Å². The highest BCUT2D eigenvalue weighted by Crippen LogP contribution is 2.12. The Kier molecular flexibility index (Phi) is 4.82. The number of carbonyl (C=O) groups is 1. The first-order valence-corrected chi connectivity index (χ1v) is 6.93. The fraction of sp³-hybridized carbons (Fsp3) is 0.312. The molecular formula is C16H21N3O. The van der Waals surface area contributed by atoms with Gasteiger partial charge in [-0.05, 0) is 42.3 Å². The van der Waals surface area contributed by atoms with E-state index in [1.54, 1.807) is 7.05 Å². The van der Waals surface area contributed by atoms with E-state index in [4.69, 9.17) is 0 Å². The molecule has 0 fully saturated rings. The van der Waals surface area contributed by atoms with E-state index in [1.165, 1.54) is 5.56 Å². The lowest BCUT2D eigenvalue weighted by Gasteiger charge is -2.06. The molecule has 4 nitrogen and oxygen atoms in total. The molecule has 1 aromatic heterocycles. The number of benzene rings is 1. The zero-order chi connectivity index (χ0) is 14.4. The molecule has 4 heteroatoms. The molecule has 0 spiro atoms. The second-order valence-corrected chi connectivity index (χ2v) is 4.77. The highest BCUT2D eigenvalue weighted by Gasteiger charge is 2.02. The first-order valence-electron chi connectivity index (χ1n) is 6.93. The first kappa shape index (κ1) is 14.2. The van der Waals surface area contributed by atoms with Crippen LogP contribution < -0.4 is 10.6 Å². The fourth-order valence-corrected chi connectivity index (χ4v) is 2.08. The Bertz CT molecular complexity index is 557. The topological polar surface area (TPSA) is 46.1 Å². The van der Waals surface area contributed by atoms with Crippen molar-refractivity contribution in [2.24, 2.45) is 0 Å². The number of rotatable bonds is 6. The van der Waals surface area contributed by atoms with Crippen molar-refractivity contribution < 1.29 is 4.79 Å². The summed E-state index contributed by atoms with van der Waals surface area (Å²) in [6.07, 6.45) is 5.41. The van der Waals surface area contributed by atoms with E-state index >= 15 is 0 Å². The smallest absolute Gasteiger partial charge is 0.251 e. The van der Waals surface area contributed by atoms with E-state index in [0.29, 0.717) is 5.56 Å². The van der Waals surface area contributed by atoms with Crippen molar-refractivity contribution in [3.63, 3.8) is 0 Å². The molecule has 0 saturated carbocycles. The maximum absolute atomic E-state index is 11.4. The van der Waals surface area contributed by atoms with Gasteiger partial charge in [0.1, 0.15) is 0 Å². The van der Waals surface area contributed by atoms with Gasteiger partial charge in [0.05, 0.1) is 0 Å². The number of carbonyl (C=O) groups excluding carboxylic acids is 1. The van der Waals surface area contributed by atoms with Crippen molar-refractivity contribution in [1.82, 2.24) is 9.88 Å². The van der Waals surface area contributed by atoms with Crippen molar-refractivity contribution in [3.05, 3.63) is 53.9 Å². The van der Waals surface area contributed by atoms with Crippen LogP contribution in [0.15, 0.2) is 42.7 Å². The summed E-state index contributed by atoms with van der Waals surface area (Å²) >= 11 is 0. The number of hydrogen-bond acceptors (Lipinski definition) is 2. The molecule has 1 amide bonds. The van der Waals surface area contributed by atoms with Crippen LogP contribution in [0.3, 0.4) is 0 Å². The number of aryl methyl sites for hydroxylation is 1. The Hall–Kier alpha value is -2.23. The molecule has 2 aromatic rings. The highest BCUT2D eigenvalue weighted by atomic mass is 16.1. The molecule has 1 heterocycles. The summed E-state index contributed by atoms with van der Waals surface area (Å²) < 4.78 is 2.20. The largest absolute Gasteiger partial charge is 0.381 e.